The summed E-state index contributed by atoms with van der Waals surface area (Å²) in [5.41, 5.74) is 9.55. The van der Waals surface area contributed by atoms with E-state index in [4.69, 9.17) is 9.15 Å². The molecule has 1 aromatic heterocycles. The first-order valence-electron chi connectivity index (χ1n) is 17.6. The standard InChI is InChI=1S/C49H33NO2/c1-51-38-28-21-33(22-29-38)32-17-23-35(24-18-32)50(37-27-30-44-42-11-3-2-9-40(42)41-10-4-5-12-43(41)47(44)31-37)36-25-19-34(20-26-36)39-14-8-15-46-45-13-6-7-16-48(45)52-49(39)46/h2-31H,1H3. The maximum absolute atomic E-state index is 6.40. The van der Waals surface area contributed by atoms with E-state index in [1.165, 1.54) is 32.3 Å². The first kappa shape index (κ1) is 30.0. The van der Waals surface area contributed by atoms with Gasteiger partial charge in [-0.3, -0.25) is 0 Å². The minimum absolute atomic E-state index is 0.850. The molecule has 3 heteroatoms. The molecule has 0 amide bonds. The zero-order chi connectivity index (χ0) is 34.6. The Balaban J connectivity index is 1.13. The third kappa shape index (κ3) is 4.90. The Morgan fingerprint density at radius 3 is 1.48 bits per heavy atom. The average Bonchev–Trinajstić information content (AvgIpc) is 3.61. The Kier molecular flexibility index (Phi) is 7.04. The fraction of sp³-hybridized carbons (Fsp3) is 0.0204. The smallest absolute Gasteiger partial charge is 0.143 e. The van der Waals surface area contributed by atoms with E-state index < -0.39 is 0 Å². The minimum atomic E-state index is 0.850. The normalized spacial score (nSPS) is 11.6. The molecule has 0 N–H and O–H groups in total. The Hall–Kier alpha value is -6.84. The van der Waals surface area contributed by atoms with Crippen LogP contribution in [0.15, 0.2) is 186 Å². The van der Waals surface area contributed by atoms with Crippen molar-refractivity contribution in [1.29, 1.82) is 0 Å². The highest BCUT2D eigenvalue weighted by atomic mass is 16.5. The molecule has 3 nitrogen and oxygen atoms in total. The van der Waals surface area contributed by atoms with Crippen LogP contribution in [0.25, 0.3) is 76.5 Å². The number of nitrogens with zero attached hydrogens (tertiary/aromatic N) is 1. The van der Waals surface area contributed by atoms with Gasteiger partial charge in [0.25, 0.3) is 0 Å². The van der Waals surface area contributed by atoms with Crippen molar-refractivity contribution in [2.75, 3.05) is 12.0 Å². The molecule has 10 rings (SSSR count). The Morgan fingerprint density at radius 2 is 0.865 bits per heavy atom. The molecule has 0 aliphatic heterocycles. The van der Waals surface area contributed by atoms with E-state index in [-0.39, 0.29) is 0 Å². The average molecular weight is 668 g/mol. The molecule has 246 valence electrons. The van der Waals surface area contributed by atoms with Crippen LogP contribution in [0.2, 0.25) is 0 Å². The van der Waals surface area contributed by atoms with Crippen LogP contribution in [-0.4, -0.2) is 7.11 Å². The van der Waals surface area contributed by atoms with E-state index in [0.717, 1.165) is 67.0 Å². The lowest BCUT2D eigenvalue weighted by molar-refractivity contribution is 0.415. The predicted molar refractivity (Wildman–Crippen MR) is 218 cm³/mol. The zero-order valence-electron chi connectivity index (χ0n) is 28.6. The third-order valence-electron chi connectivity index (χ3n) is 10.4. The van der Waals surface area contributed by atoms with Gasteiger partial charge in [-0.25, -0.2) is 0 Å². The number of rotatable bonds is 6. The largest absolute Gasteiger partial charge is 0.497 e. The maximum atomic E-state index is 6.40. The fourth-order valence-corrected chi connectivity index (χ4v) is 7.83. The van der Waals surface area contributed by atoms with Crippen molar-refractivity contribution in [3.05, 3.63) is 182 Å². The highest BCUT2D eigenvalue weighted by Gasteiger charge is 2.17. The Bertz CT molecular complexity index is 2890. The van der Waals surface area contributed by atoms with Crippen molar-refractivity contribution in [3.63, 3.8) is 0 Å². The molecule has 0 saturated heterocycles. The lowest BCUT2D eigenvalue weighted by Gasteiger charge is -2.26. The van der Waals surface area contributed by atoms with Crippen molar-refractivity contribution < 1.29 is 9.15 Å². The molecule has 0 aliphatic carbocycles. The van der Waals surface area contributed by atoms with Gasteiger partial charge in [-0.05, 0) is 104 Å². The summed E-state index contributed by atoms with van der Waals surface area (Å²) in [5.74, 6) is 0.850. The Labute approximate surface area is 301 Å². The lowest BCUT2D eigenvalue weighted by atomic mass is 9.94. The first-order valence-corrected chi connectivity index (χ1v) is 17.6. The van der Waals surface area contributed by atoms with Gasteiger partial charge >= 0.3 is 0 Å². The number of methoxy groups -OCH3 is 1. The number of ether oxygens (including phenoxy) is 1. The van der Waals surface area contributed by atoms with Gasteiger partial charge in [0.05, 0.1) is 7.11 Å². The zero-order valence-corrected chi connectivity index (χ0v) is 28.6. The molecule has 0 atom stereocenters. The van der Waals surface area contributed by atoms with Crippen molar-refractivity contribution in [1.82, 2.24) is 0 Å². The van der Waals surface area contributed by atoms with E-state index >= 15 is 0 Å². The van der Waals surface area contributed by atoms with E-state index in [0.29, 0.717) is 0 Å². The number of furan rings is 1. The molecular weight excluding hydrogens is 635 g/mol. The van der Waals surface area contributed by atoms with Crippen LogP contribution in [0.4, 0.5) is 17.1 Å². The van der Waals surface area contributed by atoms with Crippen LogP contribution in [0, 0.1) is 0 Å². The molecular formula is C49H33NO2. The molecule has 0 aliphatic rings. The van der Waals surface area contributed by atoms with Crippen molar-refractivity contribution in [3.8, 4) is 28.0 Å². The van der Waals surface area contributed by atoms with Gasteiger partial charge < -0.3 is 14.1 Å². The van der Waals surface area contributed by atoms with Crippen LogP contribution >= 0.6 is 0 Å². The highest BCUT2D eigenvalue weighted by Crippen LogP contribution is 2.42. The molecule has 9 aromatic carbocycles. The summed E-state index contributed by atoms with van der Waals surface area (Å²) < 4.78 is 11.8. The van der Waals surface area contributed by atoms with Gasteiger partial charge in [-0.1, -0.05) is 127 Å². The second-order valence-corrected chi connectivity index (χ2v) is 13.3. The second-order valence-electron chi connectivity index (χ2n) is 13.3. The quantitative estimate of drug-likeness (QED) is 0.165. The van der Waals surface area contributed by atoms with Crippen LogP contribution in [0.1, 0.15) is 0 Å². The SMILES string of the molecule is COc1ccc(-c2ccc(N(c3ccc(-c4cccc5c4oc4ccccc45)cc3)c3ccc4c5ccccc5c5ccccc5c4c3)cc2)cc1. The number of fused-ring (bicyclic) bond motifs is 9. The van der Waals surface area contributed by atoms with Crippen LogP contribution in [0.5, 0.6) is 5.75 Å². The summed E-state index contributed by atoms with van der Waals surface area (Å²) in [7, 11) is 1.70. The highest BCUT2D eigenvalue weighted by molar-refractivity contribution is 6.25. The van der Waals surface area contributed by atoms with E-state index in [1.807, 2.05) is 24.3 Å². The summed E-state index contributed by atoms with van der Waals surface area (Å²) in [6.07, 6.45) is 0. The van der Waals surface area contributed by atoms with E-state index in [1.54, 1.807) is 7.11 Å². The van der Waals surface area contributed by atoms with Crippen LogP contribution in [-0.2, 0) is 0 Å². The molecule has 0 fully saturated rings. The first-order chi connectivity index (χ1) is 25.7. The monoisotopic (exact) mass is 667 g/mol. The number of benzene rings is 9. The molecule has 0 bridgehead atoms. The van der Waals surface area contributed by atoms with Gasteiger partial charge in [0.2, 0.25) is 0 Å². The molecule has 0 saturated carbocycles. The number of para-hydroxylation sites is 2. The number of hydrogen-bond acceptors (Lipinski definition) is 3. The lowest BCUT2D eigenvalue weighted by Crippen LogP contribution is -2.10. The summed E-state index contributed by atoms with van der Waals surface area (Å²) in [5, 5.41) is 9.82. The van der Waals surface area contributed by atoms with Gasteiger partial charge in [0.15, 0.2) is 0 Å². The van der Waals surface area contributed by atoms with Gasteiger partial charge in [-0.2, -0.15) is 0 Å². The third-order valence-corrected chi connectivity index (χ3v) is 10.4. The van der Waals surface area contributed by atoms with E-state index in [2.05, 4.69) is 163 Å². The van der Waals surface area contributed by atoms with Gasteiger partial charge in [0, 0.05) is 33.4 Å². The second kappa shape index (κ2) is 12.2. The van der Waals surface area contributed by atoms with Crippen LogP contribution in [0.3, 0.4) is 0 Å². The fourth-order valence-electron chi connectivity index (χ4n) is 7.83. The summed E-state index contributed by atoms with van der Waals surface area (Å²) in [6.45, 7) is 0. The number of anilines is 3. The molecule has 0 unspecified atom stereocenters. The number of hydrogen-bond donors (Lipinski definition) is 0. The molecule has 10 aromatic rings. The molecule has 0 radical (unpaired) electrons. The van der Waals surface area contributed by atoms with Crippen molar-refractivity contribution >= 4 is 71.3 Å². The van der Waals surface area contributed by atoms with Crippen molar-refractivity contribution in [2.24, 2.45) is 0 Å². The van der Waals surface area contributed by atoms with Crippen molar-refractivity contribution in [2.45, 2.75) is 0 Å². The minimum Gasteiger partial charge on any atom is -0.497 e. The Morgan fingerprint density at radius 1 is 0.385 bits per heavy atom. The molecule has 0 spiro atoms. The van der Waals surface area contributed by atoms with Gasteiger partial charge in [0.1, 0.15) is 16.9 Å². The topological polar surface area (TPSA) is 25.6 Å². The summed E-state index contributed by atoms with van der Waals surface area (Å²) in [6, 6.07) is 64.9. The van der Waals surface area contributed by atoms with Crippen LogP contribution < -0.4 is 9.64 Å². The van der Waals surface area contributed by atoms with Gasteiger partial charge in [-0.15, -0.1) is 0 Å². The predicted octanol–water partition coefficient (Wildman–Crippen LogP) is 13.9. The summed E-state index contributed by atoms with van der Waals surface area (Å²) in [4.78, 5) is 2.35. The summed E-state index contributed by atoms with van der Waals surface area (Å²) >= 11 is 0. The molecule has 1 heterocycles. The maximum Gasteiger partial charge on any atom is 0.143 e. The van der Waals surface area contributed by atoms with E-state index in [9.17, 15) is 0 Å². The molecule has 52 heavy (non-hydrogen) atoms.